The topological polar surface area (TPSA) is 82.5 Å². The Balaban J connectivity index is 1.61. The molecular weight excluding hydrogens is 416 g/mol. The zero-order valence-electron chi connectivity index (χ0n) is 15.5. The number of hydrogen-bond acceptors (Lipinski definition) is 6. The van der Waals surface area contributed by atoms with Gasteiger partial charge in [-0.25, -0.2) is 19.6 Å². The lowest BCUT2D eigenvalue weighted by atomic mass is 10.1. The van der Waals surface area contributed by atoms with E-state index in [0.717, 1.165) is 32.7 Å². The van der Waals surface area contributed by atoms with Gasteiger partial charge in [0.1, 0.15) is 17.8 Å². The molecule has 1 aliphatic carbocycles. The molecule has 0 radical (unpaired) electrons. The van der Waals surface area contributed by atoms with E-state index in [9.17, 15) is 0 Å². The summed E-state index contributed by atoms with van der Waals surface area (Å²) in [6.45, 7) is 0. The summed E-state index contributed by atoms with van der Waals surface area (Å²) in [5.41, 5.74) is 10.9. The van der Waals surface area contributed by atoms with Gasteiger partial charge in [-0.05, 0) is 41.8 Å². The third-order valence-electron chi connectivity index (χ3n) is 5.08. The van der Waals surface area contributed by atoms with Crippen molar-refractivity contribution in [1.82, 2.24) is 24.7 Å². The number of pyridine rings is 1. The van der Waals surface area contributed by atoms with Gasteiger partial charge in [-0.2, -0.15) is 5.10 Å². The molecule has 0 saturated heterocycles. The molecule has 0 atom stereocenters. The molecule has 2 N–H and O–H groups in total. The number of aromatic nitrogens is 5. The number of nitrogens with two attached hydrogens (primary N) is 1. The fourth-order valence-corrected chi connectivity index (χ4v) is 4.51. The predicted octanol–water partition coefficient (Wildman–Crippen LogP) is 5.42. The number of nitrogens with zero attached hydrogens (tertiary/aromatic N) is 5. The lowest BCUT2D eigenvalue weighted by Gasteiger charge is -2.08. The van der Waals surface area contributed by atoms with Crippen molar-refractivity contribution in [2.75, 3.05) is 5.73 Å². The van der Waals surface area contributed by atoms with Gasteiger partial charge in [0.05, 0.1) is 32.2 Å². The van der Waals surface area contributed by atoms with E-state index in [2.05, 4.69) is 16.0 Å². The van der Waals surface area contributed by atoms with Crippen LogP contribution in [-0.2, 0) is 0 Å². The van der Waals surface area contributed by atoms with E-state index < -0.39 is 0 Å². The Labute approximate surface area is 180 Å². The van der Waals surface area contributed by atoms with Gasteiger partial charge in [0.2, 0.25) is 0 Å². The minimum atomic E-state index is 0.363. The van der Waals surface area contributed by atoms with E-state index in [0.29, 0.717) is 27.6 Å². The first-order valence-electron chi connectivity index (χ1n) is 9.21. The number of thiophene rings is 1. The minimum Gasteiger partial charge on any atom is -0.383 e. The van der Waals surface area contributed by atoms with Crippen molar-refractivity contribution in [3.05, 3.63) is 71.4 Å². The van der Waals surface area contributed by atoms with Crippen LogP contribution in [0.5, 0.6) is 0 Å². The number of halogens is 1. The van der Waals surface area contributed by atoms with Crippen LogP contribution in [0.3, 0.4) is 0 Å². The molecule has 0 unspecified atom stereocenters. The molecule has 0 bridgehead atoms. The molecule has 4 aromatic heterocycles. The first kappa shape index (κ1) is 17.3. The minimum absolute atomic E-state index is 0.363. The number of fused-ring (bicyclic) bond motifs is 2. The highest BCUT2D eigenvalue weighted by molar-refractivity contribution is 7.13. The summed E-state index contributed by atoms with van der Waals surface area (Å²) in [7, 11) is 0. The van der Waals surface area contributed by atoms with Gasteiger partial charge in [0.25, 0.3) is 0 Å². The first-order valence-corrected chi connectivity index (χ1v) is 10.5. The Hall–Kier alpha value is -3.55. The van der Waals surface area contributed by atoms with Crippen LogP contribution in [0.15, 0.2) is 66.3 Å². The Bertz CT molecular complexity index is 1510. The van der Waals surface area contributed by atoms with Crippen molar-refractivity contribution in [3.8, 4) is 21.8 Å². The molecule has 0 amide bonds. The maximum Gasteiger partial charge on any atom is 0.169 e. The fourth-order valence-electron chi connectivity index (χ4n) is 3.55. The van der Waals surface area contributed by atoms with Gasteiger partial charge in [0, 0.05) is 10.9 Å². The highest BCUT2D eigenvalue weighted by atomic mass is 35.5. The zero-order chi connectivity index (χ0) is 20.2. The molecule has 5 aromatic rings. The van der Waals surface area contributed by atoms with Crippen molar-refractivity contribution in [1.29, 1.82) is 0 Å². The van der Waals surface area contributed by atoms with Crippen molar-refractivity contribution >= 4 is 56.4 Å². The molecule has 30 heavy (non-hydrogen) atoms. The lowest BCUT2D eigenvalue weighted by Crippen LogP contribution is -2.02. The molecule has 0 fully saturated rings. The summed E-state index contributed by atoms with van der Waals surface area (Å²) in [6, 6.07) is 12.0. The van der Waals surface area contributed by atoms with Gasteiger partial charge in [0.15, 0.2) is 5.65 Å². The number of allylic oxidation sites excluding steroid dienone is 4. The van der Waals surface area contributed by atoms with Crippen LogP contribution in [0.4, 0.5) is 5.82 Å². The summed E-state index contributed by atoms with van der Waals surface area (Å²) < 4.78 is 1.76. The van der Waals surface area contributed by atoms with Crippen molar-refractivity contribution in [3.63, 3.8) is 0 Å². The summed E-state index contributed by atoms with van der Waals surface area (Å²) in [5, 5.41) is 9.03. The maximum absolute atomic E-state index is 6.68. The monoisotopic (exact) mass is 428 g/mol. The molecule has 0 spiro atoms. The van der Waals surface area contributed by atoms with E-state index in [-0.39, 0.29) is 0 Å². The quantitative estimate of drug-likeness (QED) is 0.415. The van der Waals surface area contributed by atoms with Crippen LogP contribution in [0.25, 0.3) is 49.5 Å². The third-order valence-corrected chi connectivity index (χ3v) is 6.28. The average Bonchev–Trinajstić information content (AvgIpc) is 3.36. The van der Waals surface area contributed by atoms with Crippen LogP contribution in [-0.4, -0.2) is 24.7 Å². The van der Waals surface area contributed by atoms with E-state index in [1.165, 1.54) is 6.33 Å². The predicted molar refractivity (Wildman–Crippen MR) is 122 cm³/mol. The smallest absolute Gasteiger partial charge is 0.169 e. The number of hydrogen-bond donors (Lipinski definition) is 1. The molecule has 1 aliphatic rings. The van der Waals surface area contributed by atoms with E-state index in [4.69, 9.17) is 27.4 Å². The zero-order valence-corrected chi connectivity index (χ0v) is 17.0. The van der Waals surface area contributed by atoms with Crippen LogP contribution in [0, 0.1) is 0 Å². The molecule has 144 valence electrons. The number of rotatable bonds is 3. The third kappa shape index (κ3) is 2.56. The Morgan fingerprint density at radius 3 is 2.77 bits per heavy atom. The highest BCUT2D eigenvalue weighted by Gasteiger charge is 2.21. The molecule has 8 heteroatoms. The molecule has 0 saturated carbocycles. The number of benzene rings is 1. The number of nitrogen functional groups attached to an aromatic ring is 1. The Morgan fingerprint density at radius 1 is 1.10 bits per heavy atom. The first-order chi connectivity index (χ1) is 14.7. The van der Waals surface area contributed by atoms with Gasteiger partial charge in [-0.3, -0.25) is 0 Å². The van der Waals surface area contributed by atoms with E-state index in [1.54, 1.807) is 16.0 Å². The molecule has 6 rings (SSSR count). The second-order valence-corrected chi connectivity index (χ2v) is 8.22. The second-order valence-electron chi connectivity index (χ2n) is 6.87. The molecule has 4 heterocycles. The van der Waals surface area contributed by atoms with E-state index >= 15 is 0 Å². The Kier molecular flexibility index (Phi) is 3.74. The van der Waals surface area contributed by atoms with E-state index in [1.807, 2.05) is 53.9 Å². The van der Waals surface area contributed by atoms with Crippen LogP contribution in [0.1, 0.15) is 0 Å². The highest BCUT2D eigenvalue weighted by Crippen LogP contribution is 2.38. The number of anilines is 1. The van der Waals surface area contributed by atoms with Crippen molar-refractivity contribution < 1.29 is 0 Å². The van der Waals surface area contributed by atoms with Crippen molar-refractivity contribution in [2.45, 2.75) is 0 Å². The van der Waals surface area contributed by atoms with Crippen LogP contribution in [0.2, 0.25) is 5.02 Å². The van der Waals surface area contributed by atoms with Crippen LogP contribution >= 0.6 is 22.9 Å². The fraction of sp³-hybridized carbons (Fsp3) is 0. The molecular formula is C22H13ClN6S. The summed E-state index contributed by atoms with van der Waals surface area (Å²) in [6.07, 6.45) is 7.32. The second kappa shape index (κ2) is 6.48. The Morgan fingerprint density at radius 2 is 2.00 bits per heavy atom. The van der Waals surface area contributed by atoms with Gasteiger partial charge < -0.3 is 5.73 Å². The SMILES string of the molecule is Nc1ncnc2c1c(-c1cc3nc(-c4cccs4)ccc3cc1Cl)nn2C1=CC=C1. The summed E-state index contributed by atoms with van der Waals surface area (Å²) >= 11 is 8.34. The molecule has 0 aliphatic heterocycles. The van der Waals surface area contributed by atoms with Gasteiger partial charge >= 0.3 is 0 Å². The molecule has 1 aromatic carbocycles. The molecule has 6 nitrogen and oxygen atoms in total. The van der Waals surface area contributed by atoms with Crippen LogP contribution < -0.4 is 5.73 Å². The lowest BCUT2D eigenvalue weighted by molar-refractivity contribution is 0.923. The van der Waals surface area contributed by atoms with Gasteiger partial charge in [-0.15, -0.1) is 11.3 Å². The largest absolute Gasteiger partial charge is 0.383 e. The normalized spacial score (nSPS) is 13.0. The average molecular weight is 429 g/mol. The summed E-state index contributed by atoms with van der Waals surface area (Å²) in [5.74, 6) is 0.363. The summed E-state index contributed by atoms with van der Waals surface area (Å²) in [4.78, 5) is 14.5. The van der Waals surface area contributed by atoms with Gasteiger partial charge in [-0.1, -0.05) is 29.8 Å². The van der Waals surface area contributed by atoms with Crippen molar-refractivity contribution in [2.24, 2.45) is 0 Å². The maximum atomic E-state index is 6.68. The standard InChI is InChI=1S/C22H13ClN6S/c23-15-9-12-6-7-16(18-5-2-8-30-18)27-17(12)10-14(15)20-19-21(24)25-11-26-22(19)29(28-20)13-3-1-4-13/h1-11H,(H2,24,25,26).